The Balaban J connectivity index is 1.66. The van der Waals surface area contributed by atoms with Gasteiger partial charge in [-0.2, -0.15) is 5.10 Å². The average Bonchev–Trinajstić information content (AvgIpc) is 3.13. The van der Waals surface area contributed by atoms with Crippen LogP contribution in [0.4, 0.5) is 0 Å². The van der Waals surface area contributed by atoms with Crippen LogP contribution in [-0.4, -0.2) is 20.5 Å². The van der Waals surface area contributed by atoms with E-state index in [4.69, 9.17) is 11.6 Å². The van der Waals surface area contributed by atoms with Gasteiger partial charge in [0.1, 0.15) is 5.56 Å². The molecule has 27 heavy (non-hydrogen) atoms. The molecule has 0 saturated heterocycles. The van der Waals surface area contributed by atoms with Crippen LogP contribution < -0.4 is 5.32 Å². The van der Waals surface area contributed by atoms with Crippen LogP contribution in [0.2, 0.25) is 5.02 Å². The molecule has 1 atom stereocenters. The number of hydrogen-bond acceptors (Lipinski definition) is 3. The smallest absolute Gasteiger partial charge is 0.257 e. The number of aromatic nitrogens is 3. The van der Waals surface area contributed by atoms with Gasteiger partial charge in [-0.25, -0.2) is 9.50 Å². The number of hydrogen-bond donors (Lipinski definition) is 1. The van der Waals surface area contributed by atoms with Crippen LogP contribution in [0, 0.1) is 0 Å². The highest BCUT2D eigenvalue weighted by Gasteiger charge is 2.18. The number of nitrogens with zero attached hydrogens (tertiary/aromatic N) is 3. The van der Waals surface area contributed by atoms with Crippen LogP contribution in [0.25, 0.3) is 16.9 Å². The average molecular weight is 377 g/mol. The molecule has 5 nitrogen and oxygen atoms in total. The highest BCUT2D eigenvalue weighted by atomic mass is 35.5. The van der Waals surface area contributed by atoms with E-state index in [0.717, 1.165) is 16.8 Å². The van der Waals surface area contributed by atoms with E-state index in [-0.39, 0.29) is 11.9 Å². The van der Waals surface area contributed by atoms with Gasteiger partial charge in [0.15, 0.2) is 5.65 Å². The Kier molecular flexibility index (Phi) is 4.60. The molecule has 0 radical (unpaired) electrons. The van der Waals surface area contributed by atoms with Crippen LogP contribution in [0.1, 0.15) is 28.9 Å². The third-order valence-corrected chi connectivity index (χ3v) is 4.69. The molecule has 134 valence electrons. The van der Waals surface area contributed by atoms with Gasteiger partial charge in [-0.3, -0.25) is 4.79 Å². The van der Waals surface area contributed by atoms with Crippen LogP contribution in [0.5, 0.6) is 0 Å². The van der Waals surface area contributed by atoms with E-state index >= 15 is 0 Å². The van der Waals surface area contributed by atoms with Crippen molar-refractivity contribution < 1.29 is 4.79 Å². The number of rotatable bonds is 4. The highest BCUT2D eigenvalue weighted by molar-refractivity contribution is 6.30. The zero-order valence-electron chi connectivity index (χ0n) is 14.6. The van der Waals surface area contributed by atoms with Crippen molar-refractivity contribution in [1.29, 1.82) is 0 Å². The van der Waals surface area contributed by atoms with Gasteiger partial charge in [-0.15, -0.1) is 0 Å². The number of halogens is 1. The normalized spacial score (nSPS) is 12.1. The van der Waals surface area contributed by atoms with Crippen LogP contribution >= 0.6 is 11.6 Å². The molecule has 0 aliphatic carbocycles. The SMILES string of the molecule is C[C@@H](NC(=O)c1cnn2c(-c3ccc(Cl)cc3)ccnc12)c1ccccc1. The Hall–Kier alpha value is -3.18. The second-order valence-electron chi connectivity index (χ2n) is 6.24. The summed E-state index contributed by atoms with van der Waals surface area (Å²) in [6, 6.07) is 19.0. The second-order valence-corrected chi connectivity index (χ2v) is 6.67. The molecular formula is C21H17ClN4O. The van der Waals surface area contributed by atoms with Gasteiger partial charge in [0.05, 0.1) is 17.9 Å². The van der Waals surface area contributed by atoms with Gasteiger partial charge in [-0.1, -0.05) is 54.1 Å². The molecule has 2 aromatic heterocycles. The first kappa shape index (κ1) is 17.2. The second kappa shape index (κ2) is 7.21. The predicted octanol–water partition coefficient (Wildman–Crippen LogP) is 4.54. The summed E-state index contributed by atoms with van der Waals surface area (Å²) in [5.74, 6) is -0.206. The van der Waals surface area contributed by atoms with Crippen molar-refractivity contribution in [3.05, 3.63) is 89.2 Å². The van der Waals surface area contributed by atoms with Crippen LogP contribution in [0.3, 0.4) is 0 Å². The Morgan fingerprint density at radius 2 is 1.81 bits per heavy atom. The number of nitrogens with one attached hydrogen (secondary N) is 1. The van der Waals surface area contributed by atoms with Crippen LogP contribution in [0.15, 0.2) is 73.1 Å². The lowest BCUT2D eigenvalue weighted by molar-refractivity contribution is 0.0941. The molecule has 0 unspecified atom stereocenters. The largest absolute Gasteiger partial charge is 0.345 e. The Morgan fingerprint density at radius 1 is 1.07 bits per heavy atom. The highest BCUT2D eigenvalue weighted by Crippen LogP contribution is 2.23. The predicted molar refractivity (Wildman–Crippen MR) is 106 cm³/mol. The van der Waals surface area contributed by atoms with Crippen LogP contribution in [-0.2, 0) is 0 Å². The summed E-state index contributed by atoms with van der Waals surface area (Å²) >= 11 is 5.97. The van der Waals surface area contributed by atoms with E-state index in [1.165, 1.54) is 0 Å². The molecule has 1 N–H and O–H groups in total. The molecule has 0 saturated carbocycles. The summed E-state index contributed by atoms with van der Waals surface area (Å²) in [5.41, 5.74) is 3.78. The summed E-state index contributed by atoms with van der Waals surface area (Å²) in [7, 11) is 0. The zero-order valence-corrected chi connectivity index (χ0v) is 15.4. The Morgan fingerprint density at radius 3 is 2.56 bits per heavy atom. The number of carbonyl (C=O) groups excluding carboxylic acids is 1. The number of amides is 1. The minimum absolute atomic E-state index is 0.118. The van der Waals surface area contributed by atoms with Crippen molar-refractivity contribution in [2.24, 2.45) is 0 Å². The maximum absolute atomic E-state index is 12.8. The van der Waals surface area contributed by atoms with E-state index in [1.54, 1.807) is 16.9 Å². The molecule has 0 aliphatic rings. The summed E-state index contributed by atoms with van der Waals surface area (Å²) in [4.78, 5) is 17.1. The monoisotopic (exact) mass is 376 g/mol. The molecule has 1 amide bonds. The first-order chi connectivity index (χ1) is 13.1. The third-order valence-electron chi connectivity index (χ3n) is 4.43. The lowest BCUT2D eigenvalue weighted by Crippen LogP contribution is -2.26. The summed E-state index contributed by atoms with van der Waals surface area (Å²) in [5, 5.41) is 8.05. The van der Waals surface area contributed by atoms with Gasteiger partial charge in [0.25, 0.3) is 5.91 Å². The molecule has 0 bridgehead atoms. The van der Waals surface area contributed by atoms with Crippen molar-refractivity contribution in [3.63, 3.8) is 0 Å². The fourth-order valence-electron chi connectivity index (χ4n) is 2.99. The van der Waals surface area contributed by atoms with Gasteiger partial charge in [-0.05, 0) is 30.7 Å². The first-order valence-corrected chi connectivity index (χ1v) is 8.96. The van der Waals surface area contributed by atoms with Crippen molar-refractivity contribution in [2.45, 2.75) is 13.0 Å². The van der Waals surface area contributed by atoms with E-state index in [9.17, 15) is 4.79 Å². The standard InChI is InChI=1S/C21H17ClN4O/c1-14(15-5-3-2-4-6-15)25-21(27)18-13-24-26-19(11-12-23-20(18)26)16-7-9-17(22)10-8-16/h2-14H,1H3,(H,25,27)/t14-/m1/s1. The lowest BCUT2D eigenvalue weighted by Gasteiger charge is -2.13. The quantitative estimate of drug-likeness (QED) is 0.568. The van der Waals surface area contributed by atoms with E-state index in [2.05, 4.69) is 15.4 Å². The first-order valence-electron chi connectivity index (χ1n) is 8.58. The van der Waals surface area contributed by atoms with Gasteiger partial charge in [0.2, 0.25) is 0 Å². The molecule has 0 spiro atoms. The summed E-state index contributed by atoms with van der Waals surface area (Å²) < 4.78 is 1.67. The summed E-state index contributed by atoms with van der Waals surface area (Å²) in [6.07, 6.45) is 3.23. The number of carbonyl (C=O) groups is 1. The molecular weight excluding hydrogens is 360 g/mol. The van der Waals surface area contributed by atoms with Gasteiger partial charge in [0, 0.05) is 16.8 Å². The number of benzene rings is 2. The molecule has 2 aromatic carbocycles. The van der Waals surface area contributed by atoms with E-state index in [1.807, 2.05) is 67.6 Å². The minimum atomic E-state index is -0.206. The topological polar surface area (TPSA) is 59.3 Å². The van der Waals surface area contributed by atoms with Crippen molar-refractivity contribution in [2.75, 3.05) is 0 Å². The van der Waals surface area contributed by atoms with Crippen molar-refractivity contribution >= 4 is 23.2 Å². The molecule has 0 aliphatic heterocycles. The number of fused-ring (bicyclic) bond motifs is 1. The minimum Gasteiger partial charge on any atom is -0.345 e. The molecule has 0 fully saturated rings. The lowest BCUT2D eigenvalue weighted by atomic mass is 10.1. The van der Waals surface area contributed by atoms with E-state index in [0.29, 0.717) is 16.2 Å². The zero-order chi connectivity index (χ0) is 18.8. The van der Waals surface area contributed by atoms with Crippen molar-refractivity contribution in [3.8, 4) is 11.3 Å². The summed E-state index contributed by atoms with van der Waals surface area (Å²) in [6.45, 7) is 1.95. The van der Waals surface area contributed by atoms with E-state index < -0.39 is 0 Å². The maximum Gasteiger partial charge on any atom is 0.257 e. The molecule has 2 heterocycles. The maximum atomic E-state index is 12.8. The fraction of sp³-hybridized carbons (Fsp3) is 0.0952. The van der Waals surface area contributed by atoms with Gasteiger partial charge < -0.3 is 5.32 Å². The third kappa shape index (κ3) is 3.41. The van der Waals surface area contributed by atoms with Gasteiger partial charge >= 0.3 is 0 Å². The molecule has 6 heteroatoms. The molecule has 4 rings (SSSR count). The molecule has 4 aromatic rings. The Labute approximate surface area is 161 Å². The fourth-order valence-corrected chi connectivity index (χ4v) is 3.12. The Bertz CT molecular complexity index is 1090. The van der Waals surface area contributed by atoms with Crippen molar-refractivity contribution in [1.82, 2.24) is 19.9 Å².